The van der Waals surface area contributed by atoms with Gasteiger partial charge in [0.1, 0.15) is 11.5 Å². The summed E-state index contributed by atoms with van der Waals surface area (Å²) in [6.07, 6.45) is 0. The number of benzene rings is 2. The average Bonchev–Trinajstić information content (AvgIpc) is 2.91. The van der Waals surface area contributed by atoms with Gasteiger partial charge < -0.3 is 15.2 Å². The number of nitrogens with two attached hydrogens (primary N) is 1. The predicted molar refractivity (Wildman–Crippen MR) is 79.6 cm³/mol. The highest BCUT2D eigenvalue weighted by Crippen LogP contribution is 2.41. The molecule has 0 bridgehead atoms. The fourth-order valence-electron chi connectivity index (χ4n) is 2.60. The molecule has 0 aromatic heterocycles. The molecule has 0 amide bonds. The largest absolute Gasteiger partial charge is 0.495 e. The maximum absolute atomic E-state index is 6.41. The van der Waals surface area contributed by atoms with Gasteiger partial charge in [0.15, 0.2) is 0 Å². The lowest BCUT2D eigenvalue weighted by molar-refractivity contribution is 0.315. The van der Waals surface area contributed by atoms with Crippen LogP contribution in [0.4, 0.5) is 0 Å². The Hall–Kier alpha value is -1.71. The first-order chi connectivity index (χ1) is 9.70. The SMILES string of the molecule is COc1cc(C(N)C2COc3ccccc32)ccc1Cl. The van der Waals surface area contributed by atoms with Crippen LogP contribution in [-0.4, -0.2) is 13.7 Å². The first-order valence-electron chi connectivity index (χ1n) is 6.51. The predicted octanol–water partition coefficient (Wildman–Crippen LogP) is 3.52. The van der Waals surface area contributed by atoms with Crippen LogP contribution in [-0.2, 0) is 0 Å². The van der Waals surface area contributed by atoms with E-state index in [0.717, 1.165) is 16.9 Å². The third-order valence-corrected chi connectivity index (χ3v) is 4.04. The molecule has 3 rings (SSSR count). The molecule has 2 aromatic carbocycles. The molecule has 0 spiro atoms. The van der Waals surface area contributed by atoms with Crippen molar-refractivity contribution in [2.45, 2.75) is 12.0 Å². The fraction of sp³-hybridized carbons (Fsp3) is 0.250. The van der Waals surface area contributed by atoms with Crippen molar-refractivity contribution in [2.24, 2.45) is 5.73 Å². The van der Waals surface area contributed by atoms with Crippen molar-refractivity contribution < 1.29 is 9.47 Å². The Morgan fingerprint density at radius 2 is 2.10 bits per heavy atom. The maximum atomic E-state index is 6.41. The van der Waals surface area contributed by atoms with Gasteiger partial charge in [-0.05, 0) is 23.8 Å². The van der Waals surface area contributed by atoms with E-state index >= 15 is 0 Å². The third kappa shape index (κ3) is 2.23. The summed E-state index contributed by atoms with van der Waals surface area (Å²) in [5.74, 6) is 1.72. The monoisotopic (exact) mass is 289 g/mol. The highest BCUT2D eigenvalue weighted by atomic mass is 35.5. The molecule has 2 aromatic rings. The molecule has 0 fully saturated rings. The van der Waals surface area contributed by atoms with Gasteiger partial charge in [-0.15, -0.1) is 0 Å². The standard InChI is InChI=1S/C16H16ClNO2/c1-19-15-8-10(6-7-13(15)17)16(18)12-9-20-14-5-3-2-4-11(12)14/h2-8,12,16H,9,18H2,1H3. The summed E-state index contributed by atoms with van der Waals surface area (Å²) in [6, 6.07) is 13.5. The van der Waals surface area contributed by atoms with E-state index in [1.165, 1.54) is 0 Å². The molecule has 20 heavy (non-hydrogen) atoms. The summed E-state index contributed by atoms with van der Waals surface area (Å²) >= 11 is 6.05. The summed E-state index contributed by atoms with van der Waals surface area (Å²) in [5, 5.41) is 0.589. The first-order valence-corrected chi connectivity index (χ1v) is 6.89. The van der Waals surface area contributed by atoms with Gasteiger partial charge in [-0.3, -0.25) is 0 Å². The fourth-order valence-corrected chi connectivity index (χ4v) is 2.80. The van der Waals surface area contributed by atoms with Gasteiger partial charge in [0.2, 0.25) is 0 Å². The molecular formula is C16H16ClNO2. The molecule has 1 heterocycles. The summed E-state index contributed by atoms with van der Waals surface area (Å²) in [4.78, 5) is 0. The number of halogens is 1. The van der Waals surface area contributed by atoms with E-state index in [9.17, 15) is 0 Å². The molecule has 2 atom stereocenters. The van der Waals surface area contributed by atoms with Crippen molar-refractivity contribution in [3.8, 4) is 11.5 Å². The molecular weight excluding hydrogens is 274 g/mol. The second kappa shape index (κ2) is 5.35. The van der Waals surface area contributed by atoms with E-state index in [4.69, 9.17) is 26.8 Å². The minimum atomic E-state index is -0.148. The zero-order chi connectivity index (χ0) is 14.1. The van der Waals surface area contributed by atoms with E-state index in [1.54, 1.807) is 7.11 Å². The Morgan fingerprint density at radius 1 is 1.30 bits per heavy atom. The molecule has 0 saturated heterocycles. The van der Waals surface area contributed by atoms with E-state index in [0.29, 0.717) is 17.4 Å². The van der Waals surface area contributed by atoms with Crippen molar-refractivity contribution >= 4 is 11.6 Å². The Balaban J connectivity index is 1.92. The molecule has 3 nitrogen and oxygen atoms in total. The average molecular weight is 290 g/mol. The topological polar surface area (TPSA) is 44.5 Å². The first kappa shape index (κ1) is 13.3. The number of rotatable bonds is 3. The van der Waals surface area contributed by atoms with Gasteiger partial charge in [-0.25, -0.2) is 0 Å². The van der Waals surface area contributed by atoms with Crippen molar-refractivity contribution in [3.63, 3.8) is 0 Å². The normalized spacial score (nSPS) is 18.2. The van der Waals surface area contributed by atoms with E-state index in [-0.39, 0.29) is 12.0 Å². The van der Waals surface area contributed by atoms with E-state index in [1.807, 2.05) is 36.4 Å². The number of hydrogen-bond acceptors (Lipinski definition) is 3. The van der Waals surface area contributed by atoms with E-state index < -0.39 is 0 Å². The quantitative estimate of drug-likeness (QED) is 0.940. The van der Waals surface area contributed by atoms with Crippen LogP contribution in [0.25, 0.3) is 0 Å². The molecule has 1 aliphatic rings. The number of para-hydroxylation sites is 1. The second-order valence-corrected chi connectivity index (χ2v) is 5.28. The Bertz CT molecular complexity index is 630. The summed E-state index contributed by atoms with van der Waals surface area (Å²) in [6.45, 7) is 0.603. The van der Waals surface area contributed by atoms with Crippen LogP contribution in [0, 0.1) is 0 Å². The van der Waals surface area contributed by atoms with E-state index in [2.05, 4.69) is 6.07 Å². The van der Waals surface area contributed by atoms with Crippen LogP contribution in [0.3, 0.4) is 0 Å². The Morgan fingerprint density at radius 3 is 2.90 bits per heavy atom. The molecule has 0 radical (unpaired) electrons. The lowest BCUT2D eigenvalue weighted by Crippen LogP contribution is -2.21. The molecule has 1 aliphatic heterocycles. The van der Waals surface area contributed by atoms with Gasteiger partial charge >= 0.3 is 0 Å². The molecule has 2 N–H and O–H groups in total. The highest BCUT2D eigenvalue weighted by molar-refractivity contribution is 6.32. The molecule has 2 unspecified atom stereocenters. The zero-order valence-corrected chi connectivity index (χ0v) is 11.9. The third-order valence-electron chi connectivity index (χ3n) is 3.73. The highest BCUT2D eigenvalue weighted by Gasteiger charge is 2.30. The van der Waals surface area contributed by atoms with Gasteiger partial charge in [0.25, 0.3) is 0 Å². The maximum Gasteiger partial charge on any atom is 0.137 e. The van der Waals surface area contributed by atoms with Crippen LogP contribution in [0.15, 0.2) is 42.5 Å². The molecule has 0 saturated carbocycles. The lowest BCUT2D eigenvalue weighted by atomic mass is 9.89. The van der Waals surface area contributed by atoms with Gasteiger partial charge in [0, 0.05) is 17.5 Å². The Kier molecular flexibility index (Phi) is 3.55. The van der Waals surface area contributed by atoms with Crippen LogP contribution in [0.5, 0.6) is 11.5 Å². The smallest absolute Gasteiger partial charge is 0.137 e. The van der Waals surface area contributed by atoms with Gasteiger partial charge in [-0.1, -0.05) is 35.9 Å². The molecule has 0 aliphatic carbocycles. The number of methoxy groups -OCH3 is 1. The summed E-state index contributed by atoms with van der Waals surface area (Å²) < 4.78 is 10.9. The molecule has 4 heteroatoms. The van der Waals surface area contributed by atoms with Crippen LogP contribution >= 0.6 is 11.6 Å². The van der Waals surface area contributed by atoms with Gasteiger partial charge in [0.05, 0.1) is 18.7 Å². The van der Waals surface area contributed by atoms with Crippen LogP contribution in [0.1, 0.15) is 23.1 Å². The summed E-state index contributed by atoms with van der Waals surface area (Å²) in [7, 11) is 1.60. The number of hydrogen-bond donors (Lipinski definition) is 1. The molecule has 104 valence electrons. The van der Waals surface area contributed by atoms with Crippen LogP contribution in [0.2, 0.25) is 5.02 Å². The number of ether oxygens (including phenoxy) is 2. The van der Waals surface area contributed by atoms with Crippen molar-refractivity contribution in [3.05, 3.63) is 58.6 Å². The number of fused-ring (bicyclic) bond motifs is 1. The minimum Gasteiger partial charge on any atom is -0.495 e. The zero-order valence-electron chi connectivity index (χ0n) is 11.2. The second-order valence-electron chi connectivity index (χ2n) is 4.88. The van der Waals surface area contributed by atoms with Crippen molar-refractivity contribution in [2.75, 3.05) is 13.7 Å². The summed E-state index contributed by atoms with van der Waals surface area (Å²) in [5.41, 5.74) is 8.57. The van der Waals surface area contributed by atoms with Crippen molar-refractivity contribution in [1.29, 1.82) is 0 Å². The lowest BCUT2D eigenvalue weighted by Gasteiger charge is -2.19. The van der Waals surface area contributed by atoms with Gasteiger partial charge in [-0.2, -0.15) is 0 Å². The Labute approximate surface area is 123 Å². The minimum absolute atomic E-state index is 0.148. The van der Waals surface area contributed by atoms with Crippen LogP contribution < -0.4 is 15.2 Å². The van der Waals surface area contributed by atoms with Crippen molar-refractivity contribution in [1.82, 2.24) is 0 Å².